The number of carbonyl (C=O) groups excluding carboxylic acids is 1. The van der Waals surface area contributed by atoms with Gasteiger partial charge in [0, 0.05) is 6.42 Å². The van der Waals surface area contributed by atoms with E-state index in [0.717, 1.165) is 6.42 Å². The molecular weight excluding hydrogens is 164 g/mol. The maximum absolute atomic E-state index is 11.4. The molecule has 0 bridgehead atoms. The van der Waals surface area contributed by atoms with E-state index in [1.165, 1.54) is 25.7 Å². The number of aliphatic hydroxyl groups excluding tert-OH is 1. The maximum Gasteiger partial charge on any atom is 0.161 e. The minimum atomic E-state index is -0.689. The number of aliphatic hydroxyl groups is 1. The van der Waals surface area contributed by atoms with Crippen LogP contribution in [0.2, 0.25) is 0 Å². The highest BCUT2D eigenvalue weighted by molar-refractivity contribution is 5.82. The van der Waals surface area contributed by atoms with Gasteiger partial charge in [-0.15, -0.1) is 0 Å². The van der Waals surface area contributed by atoms with Gasteiger partial charge in [-0.2, -0.15) is 0 Å². The average molecular weight is 184 g/mol. The Morgan fingerprint density at radius 2 is 2.08 bits per heavy atom. The van der Waals surface area contributed by atoms with Gasteiger partial charge in [0.05, 0.1) is 0 Å². The van der Waals surface area contributed by atoms with E-state index in [4.69, 9.17) is 0 Å². The third kappa shape index (κ3) is 3.47. The van der Waals surface area contributed by atoms with E-state index in [-0.39, 0.29) is 5.78 Å². The van der Waals surface area contributed by atoms with Crippen LogP contribution in [0.15, 0.2) is 0 Å². The van der Waals surface area contributed by atoms with Crippen LogP contribution < -0.4 is 0 Å². The lowest BCUT2D eigenvalue weighted by molar-refractivity contribution is -0.128. The molecule has 2 heteroatoms. The molecule has 1 rings (SSSR count). The Morgan fingerprint density at radius 1 is 1.46 bits per heavy atom. The zero-order valence-corrected chi connectivity index (χ0v) is 8.46. The Morgan fingerprint density at radius 3 is 2.62 bits per heavy atom. The van der Waals surface area contributed by atoms with Crippen molar-refractivity contribution >= 4 is 5.78 Å². The van der Waals surface area contributed by atoms with Crippen LogP contribution in [-0.2, 0) is 4.79 Å². The van der Waals surface area contributed by atoms with Gasteiger partial charge in [0.25, 0.3) is 0 Å². The molecular formula is C11H20O2. The third-order valence-electron chi connectivity index (χ3n) is 2.90. The first-order valence-electron chi connectivity index (χ1n) is 5.44. The fraction of sp³-hybridized carbons (Fsp3) is 0.909. The van der Waals surface area contributed by atoms with Crippen LogP contribution in [0.25, 0.3) is 0 Å². The lowest BCUT2D eigenvalue weighted by Crippen LogP contribution is -2.21. The van der Waals surface area contributed by atoms with Crippen molar-refractivity contribution in [1.29, 1.82) is 0 Å². The van der Waals surface area contributed by atoms with Gasteiger partial charge >= 0.3 is 0 Å². The van der Waals surface area contributed by atoms with Crippen LogP contribution >= 0.6 is 0 Å². The Bertz CT molecular complexity index is 159. The lowest BCUT2D eigenvalue weighted by Gasteiger charge is -2.11. The lowest BCUT2D eigenvalue weighted by atomic mass is 9.97. The summed E-state index contributed by atoms with van der Waals surface area (Å²) in [5, 5.41) is 9.43. The second-order valence-electron chi connectivity index (χ2n) is 4.13. The van der Waals surface area contributed by atoms with Crippen LogP contribution in [0.3, 0.4) is 0 Å². The average Bonchev–Trinajstić information content (AvgIpc) is 2.57. The van der Waals surface area contributed by atoms with Gasteiger partial charge in [0.15, 0.2) is 5.78 Å². The molecule has 0 aromatic rings. The molecule has 2 nitrogen and oxygen atoms in total. The summed E-state index contributed by atoms with van der Waals surface area (Å²) in [6.07, 6.45) is 6.34. The van der Waals surface area contributed by atoms with Gasteiger partial charge in [0.2, 0.25) is 0 Å². The van der Waals surface area contributed by atoms with Crippen LogP contribution in [-0.4, -0.2) is 17.0 Å². The van der Waals surface area contributed by atoms with E-state index < -0.39 is 6.10 Å². The smallest absolute Gasteiger partial charge is 0.161 e. The molecule has 0 amide bonds. The molecule has 1 unspecified atom stereocenters. The molecule has 1 aliphatic carbocycles. The van der Waals surface area contributed by atoms with Crippen molar-refractivity contribution in [2.24, 2.45) is 5.92 Å². The molecule has 0 aromatic heterocycles. The summed E-state index contributed by atoms with van der Waals surface area (Å²) in [5.74, 6) is 0.632. The van der Waals surface area contributed by atoms with Crippen LogP contribution in [0.1, 0.15) is 51.9 Å². The second kappa shape index (κ2) is 5.38. The molecule has 1 saturated carbocycles. The molecule has 76 valence electrons. The SMILES string of the molecule is CCCC(O)C(=O)CC1CCCC1. The van der Waals surface area contributed by atoms with Crippen LogP contribution in [0.5, 0.6) is 0 Å². The summed E-state index contributed by atoms with van der Waals surface area (Å²) in [7, 11) is 0. The van der Waals surface area contributed by atoms with Crippen LogP contribution in [0, 0.1) is 5.92 Å². The summed E-state index contributed by atoms with van der Waals surface area (Å²) in [5.41, 5.74) is 0. The van der Waals surface area contributed by atoms with Crippen molar-refractivity contribution in [2.45, 2.75) is 58.0 Å². The summed E-state index contributed by atoms with van der Waals surface area (Å²) in [6.45, 7) is 1.99. The van der Waals surface area contributed by atoms with Gasteiger partial charge in [-0.05, 0) is 12.3 Å². The van der Waals surface area contributed by atoms with Crippen molar-refractivity contribution < 1.29 is 9.90 Å². The maximum atomic E-state index is 11.4. The first-order chi connectivity index (χ1) is 6.24. The van der Waals surface area contributed by atoms with E-state index in [1.807, 2.05) is 6.92 Å². The minimum Gasteiger partial charge on any atom is -0.385 e. The molecule has 0 saturated heterocycles. The Balaban J connectivity index is 2.22. The molecule has 0 heterocycles. The van der Waals surface area contributed by atoms with E-state index >= 15 is 0 Å². The Labute approximate surface area is 80.3 Å². The molecule has 1 aliphatic rings. The standard InChI is InChI=1S/C11H20O2/c1-2-5-10(12)11(13)8-9-6-3-4-7-9/h9-10,12H,2-8H2,1H3. The minimum absolute atomic E-state index is 0.0637. The molecule has 0 spiro atoms. The molecule has 0 radical (unpaired) electrons. The number of carbonyl (C=O) groups is 1. The fourth-order valence-electron chi connectivity index (χ4n) is 2.07. The highest BCUT2D eigenvalue weighted by Crippen LogP contribution is 2.28. The highest BCUT2D eigenvalue weighted by atomic mass is 16.3. The second-order valence-corrected chi connectivity index (χ2v) is 4.13. The van der Waals surface area contributed by atoms with Gasteiger partial charge < -0.3 is 5.11 Å². The van der Waals surface area contributed by atoms with E-state index in [0.29, 0.717) is 18.8 Å². The number of hydrogen-bond acceptors (Lipinski definition) is 2. The van der Waals surface area contributed by atoms with Crippen molar-refractivity contribution in [3.8, 4) is 0 Å². The van der Waals surface area contributed by atoms with Gasteiger partial charge in [-0.3, -0.25) is 4.79 Å². The third-order valence-corrected chi connectivity index (χ3v) is 2.90. The molecule has 13 heavy (non-hydrogen) atoms. The molecule has 1 atom stereocenters. The number of ketones is 1. The largest absolute Gasteiger partial charge is 0.385 e. The van der Waals surface area contributed by atoms with Gasteiger partial charge in [-0.1, -0.05) is 39.0 Å². The quantitative estimate of drug-likeness (QED) is 0.711. The first kappa shape index (κ1) is 10.7. The summed E-state index contributed by atoms with van der Waals surface area (Å²) in [4.78, 5) is 11.4. The van der Waals surface area contributed by atoms with Crippen molar-refractivity contribution in [1.82, 2.24) is 0 Å². The van der Waals surface area contributed by atoms with Crippen LogP contribution in [0.4, 0.5) is 0 Å². The molecule has 1 N–H and O–H groups in total. The van der Waals surface area contributed by atoms with Crippen molar-refractivity contribution in [3.05, 3.63) is 0 Å². The topological polar surface area (TPSA) is 37.3 Å². The fourth-order valence-corrected chi connectivity index (χ4v) is 2.07. The molecule has 0 aromatic carbocycles. The monoisotopic (exact) mass is 184 g/mol. The van der Waals surface area contributed by atoms with Gasteiger partial charge in [-0.25, -0.2) is 0 Å². The zero-order valence-electron chi connectivity index (χ0n) is 8.46. The summed E-state index contributed by atoms with van der Waals surface area (Å²) < 4.78 is 0. The van der Waals surface area contributed by atoms with Gasteiger partial charge in [0.1, 0.15) is 6.10 Å². The van der Waals surface area contributed by atoms with E-state index in [9.17, 15) is 9.90 Å². The predicted molar refractivity (Wildman–Crippen MR) is 52.5 cm³/mol. The number of hydrogen-bond donors (Lipinski definition) is 1. The first-order valence-corrected chi connectivity index (χ1v) is 5.44. The van der Waals surface area contributed by atoms with E-state index in [2.05, 4.69) is 0 Å². The van der Waals surface area contributed by atoms with Crippen molar-refractivity contribution in [2.75, 3.05) is 0 Å². The molecule has 1 fully saturated rings. The summed E-state index contributed by atoms with van der Waals surface area (Å²) in [6, 6.07) is 0. The zero-order chi connectivity index (χ0) is 9.68. The summed E-state index contributed by atoms with van der Waals surface area (Å²) >= 11 is 0. The van der Waals surface area contributed by atoms with E-state index in [1.54, 1.807) is 0 Å². The Kier molecular flexibility index (Phi) is 4.43. The number of rotatable bonds is 5. The highest BCUT2D eigenvalue weighted by Gasteiger charge is 2.21. The molecule has 0 aliphatic heterocycles. The number of Topliss-reactive ketones (excluding diaryl/α,β-unsaturated/α-hetero) is 1. The Hall–Kier alpha value is -0.370. The normalized spacial score (nSPS) is 20.5. The van der Waals surface area contributed by atoms with Crippen molar-refractivity contribution in [3.63, 3.8) is 0 Å². The predicted octanol–water partition coefficient (Wildman–Crippen LogP) is 2.30.